The van der Waals surface area contributed by atoms with E-state index < -0.39 is 0 Å². The zero-order valence-electron chi connectivity index (χ0n) is 9.84. The molecular formula is C12H20N2O. The van der Waals surface area contributed by atoms with Crippen molar-refractivity contribution >= 4 is 0 Å². The predicted molar refractivity (Wildman–Crippen MR) is 59.7 cm³/mol. The van der Waals surface area contributed by atoms with Gasteiger partial charge in [0.15, 0.2) is 5.89 Å². The van der Waals surface area contributed by atoms with Crippen LogP contribution in [0.15, 0.2) is 10.7 Å². The summed E-state index contributed by atoms with van der Waals surface area (Å²) in [5.74, 6) is 0.819. The first-order valence-corrected chi connectivity index (χ1v) is 5.63. The predicted octanol–water partition coefficient (Wildman–Crippen LogP) is 2.40. The van der Waals surface area contributed by atoms with Crippen LogP contribution in [-0.4, -0.2) is 10.5 Å². The first-order chi connectivity index (χ1) is 6.89. The van der Waals surface area contributed by atoms with E-state index in [2.05, 4.69) is 25.8 Å². The van der Waals surface area contributed by atoms with Crippen molar-refractivity contribution in [1.29, 1.82) is 0 Å². The molecule has 0 aromatic carbocycles. The fourth-order valence-corrected chi connectivity index (χ4v) is 1.55. The summed E-state index contributed by atoms with van der Waals surface area (Å²) in [6.45, 7) is 6.32. The van der Waals surface area contributed by atoms with E-state index in [1.807, 2.05) is 0 Å². The molecule has 0 unspecified atom stereocenters. The van der Waals surface area contributed by atoms with Crippen molar-refractivity contribution in [3.8, 4) is 0 Å². The lowest BCUT2D eigenvalue weighted by molar-refractivity contribution is 0.392. The number of hydrogen-bond acceptors (Lipinski definition) is 3. The van der Waals surface area contributed by atoms with Gasteiger partial charge in [0.1, 0.15) is 6.26 Å². The quantitative estimate of drug-likeness (QED) is 0.829. The Hall–Kier alpha value is -0.830. The lowest BCUT2D eigenvalue weighted by Crippen LogP contribution is -2.22. The topological polar surface area (TPSA) is 52.0 Å². The highest BCUT2D eigenvalue weighted by Gasteiger charge is 2.37. The SMILES string of the molecule is CC(C)(C)c1nc(CCC2(N)CC2)co1. The highest BCUT2D eigenvalue weighted by molar-refractivity contribution is 5.07. The molecule has 1 aromatic rings. The molecule has 0 bridgehead atoms. The minimum Gasteiger partial charge on any atom is -0.448 e. The molecule has 1 heterocycles. The van der Waals surface area contributed by atoms with Gasteiger partial charge in [-0.25, -0.2) is 4.98 Å². The van der Waals surface area contributed by atoms with Crippen LogP contribution in [0.3, 0.4) is 0 Å². The van der Waals surface area contributed by atoms with Gasteiger partial charge in [-0.3, -0.25) is 0 Å². The van der Waals surface area contributed by atoms with Gasteiger partial charge in [-0.1, -0.05) is 20.8 Å². The number of rotatable bonds is 3. The summed E-state index contributed by atoms with van der Waals surface area (Å²) in [4.78, 5) is 4.49. The van der Waals surface area contributed by atoms with Crippen molar-refractivity contribution in [3.63, 3.8) is 0 Å². The lowest BCUT2D eigenvalue weighted by Gasteiger charge is -2.11. The first-order valence-electron chi connectivity index (χ1n) is 5.63. The van der Waals surface area contributed by atoms with Gasteiger partial charge in [-0.15, -0.1) is 0 Å². The van der Waals surface area contributed by atoms with E-state index in [1.54, 1.807) is 6.26 Å². The number of hydrogen-bond donors (Lipinski definition) is 1. The molecule has 15 heavy (non-hydrogen) atoms. The minimum absolute atomic E-state index is 0.00175. The summed E-state index contributed by atoms with van der Waals surface area (Å²) in [6, 6.07) is 0. The van der Waals surface area contributed by atoms with Crippen molar-refractivity contribution in [1.82, 2.24) is 4.98 Å². The third kappa shape index (κ3) is 2.59. The van der Waals surface area contributed by atoms with E-state index in [9.17, 15) is 0 Å². The van der Waals surface area contributed by atoms with Gasteiger partial charge in [0.25, 0.3) is 0 Å². The third-order valence-electron chi connectivity index (χ3n) is 2.96. The molecule has 1 saturated carbocycles. The van der Waals surface area contributed by atoms with Gasteiger partial charge in [0, 0.05) is 11.0 Å². The van der Waals surface area contributed by atoms with Crippen LogP contribution in [-0.2, 0) is 11.8 Å². The molecular weight excluding hydrogens is 188 g/mol. The molecule has 0 amide bonds. The van der Waals surface area contributed by atoms with Gasteiger partial charge < -0.3 is 10.2 Å². The average molecular weight is 208 g/mol. The van der Waals surface area contributed by atoms with Gasteiger partial charge in [-0.2, -0.15) is 0 Å². The Morgan fingerprint density at radius 2 is 2.13 bits per heavy atom. The Bertz CT molecular complexity index is 345. The maximum Gasteiger partial charge on any atom is 0.199 e. The Kier molecular flexibility index (Phi) is 2.38. The van der Waals surface area contributed by atoms with Crippen LogP contribution in [0, 0.1) is 0 Å². The highest BCUT2D eigenvalue weighted by atomic mass is 16.3. The molecule has 0 saturated heterocycles. The second-order valence-electron chi connectivity index (χ2n) is 5.76. The first kappa shape index (κ1) is 10.7. The molecule has 84 valence electrons. The van der Waals surface area contributed by atoms with Gasteiger partial charge in [0.05, 0.1) is 5.69 Å². The molecule has 2 rings (SSSR count). The minimum atomic E-state index is -0.00175. The molecule has 0 aliphatic heterocycles. The number of aryl methyl sites for hydroxylation is 1. The van der Waals surface area contributed by atoms with Crippen molar-refractivity contribution in [3.05, 3.63) is 17.8 Å². The highest BCUT2D eigenvalue weighted by Crippen LogP contribution is 2.36. The monoisotopic (exact) mass is 208 g/mol. The van der Waals surface area contributed by atoms with Crippen LogP contribution in [0.5, 0.6) is 0 Å². The molecule has 1 fully saturated rings. The van der Waals surface area contributed by atoms with Crippen LogP contribution in [0.2, 0.25) is 0 Å². The van der Waals surface area contributed by atoms with E-state index in [-0.39, 0.29) is 11.0 Å². The van der Waals surface area contributed by atoms with Crippen LogP contribution in [0.1, 0.15) is 51.6 Å². The summed E-state index contributed by atoms with van der Waals surface area (Å²) in [6.07, 6.45) is 6.07. The van der Waals surface area contributed by atoms with Crippen molar-refractivity contribution in [2.75, 3.05) is 0 Å². The van der Waals surface area contributed by atoms with Crippen LogP contribution in [0.25, 0.3) is 0 Å². The summed E-state index contributed by atoms with van der Waals surface area (Å²) < 4.78 is 5.46. The second-order valence-corrected chi connectivity index (χ2v) is 5.76. The van der Waals surface area contributed by atoms with Crippen LogP contribution in [0.4, 0.5) is 0 Å². The molecule has 0 atom stereocenters. The standard InChI is InChI=1S/C12H20N2O/c1-11(2,3)10-14-9(8-15-10)4-5-12(13)6-7-12/h8H,4-7,13H2,1-3H3. The van der Waals surface area contributed by atoms with Gasteiger partial charge in [-0.05, 0) is 25.7 Å². The summed E-state index contributed by atoms with van der Waals surface area (Å²) in [7, 11) is 0. The fourth-order valence-electron chi connectivity index (χ4n) is 1.55. The normalized spacial score (nSPS) is 19.2. The van der Waals surface area contributed by atoms with Gasteiger partial charge in [0.2, 0.25) is 0 Å². The van der Waals surface area contributed by atoms with Crippen molar-refractivity contribution in [2.45, 2.75) is 57.4 Å². The Morgan fingerprint density at radius 1 is 1.47 bits per heavy atom. The average Bonchev–Trinajstić information content (AvgIpc) is 2.66. The Balaban J connectivity index is 1.95. The van der Waals surface area contributed by atoms with E-state index in [0.29, 0.717) is 0 Å². The van der Waals surface area contributed by atoms with Crippen LogP contribution < -0.4 is 5.73 Å². The summed E-state index contributed by atoms with van der Waals surface area (Å²) >= 11 is 0. The fraction of sp³-hybridized carbons (Fsp3) is 0.750. The number of aromatic nitrogens is 1. The molecule has 1 aliphatic rings. The smallest absolute Gasteiger partial charge is 0.199 e. The van der Waals surface area contributed by atoms with Crippen LogP contribution >= 0.6 is 0 Å². The van der Waals surface area contributed by atoms with Gasteiger partial charge >= 0.3 is 0 Å². The molecule has 1 aromatic heterocycles. The number of nitrogens with zero attached hydrogens (tertiary/aromatic N) is 1. The second kappa shape index (κ2) is 3.34. The van der Waals surface area contributed by atoms with E-state index in [0.717, 1.165) is 37.3 Å². The zero-order valence-corrected chi connectivity index (χ0v) is 9.84. The maximum absolute atomic E-state index is 6.03. The van der Waals surface area contributed by atoms with E-state index >= 15 is 0 Å². The molecule has 3 nitrogen and oxygen atoms in total. The Labute approximate surface area is 91.1 Å². The Morgan fingerprint density at radius 3 is 2.60 bits per heavy atom. The third-order valence-corrected chi connectivity index (χ3v) is 2.96. The molecule has 0 spiro atoms. The van der Waals surface area contributed by atoms with E-state index in [4.69, 9.17) is 10.2 Å². The van der Waals surface area contributed by atoms with Crippen molar-refractivity contribution in [2.24, 2.45) is 5.73 Å². The summed E-state index contributed by atoms with van der Waals surface area (Å²) in [5, 5.41) is 0. The molecule has 0 radical (unpaired) electrons. The molecule has 1 aliphatic carbocycles. The number of nitrogens with two attached hydrogens (primary N) is 1. The largest absolute Gasteiger partial charge is 0.448 e. The number of oxazole rings is 1. The molecule has 3 heteroatoms. The summed E-state index contributed by atoms with van der Waals surface area (Å²) in [5.41, 5.74) is 7.18. The lowest BCUT2D eigenvalue weighted by atomic mass is 9.97. The maximum atomic E-state index is 6.03. The zero-order chi connectivity index (χ0) is 11.1. The molecule has 2 N–H and O–H groups in total. The van der Waals surface area contributed by atoms with Crippen molar-refractivity contribution < 1.29 is 4.42 Å². The van der Waals surface area contributed by atoms with E-state index in [1.165, 1.54) is 0 Å².